The first-order valence-corrected chi connectivity index (χ1v) is 10.3. The number of hydrogen-bond acceptors (Lipinski definition) is 5. The summed E-state index contributed by atoms with van der Waals surface area (Å²) in [7, 11) is 0. The van der Waals surface area contributed by atoms with Gasteiger partial charge in [-0.05, 0) is 49.4 Å². The van der Waals surface area contributed by atoms with E-state index in [2.05, 4.69) is 4.90 Å². The normalized spacial score (nSPS) is 20.2. The monoisotopic (exact) mass is 445 g/mol. The summed E-state index contributed by atoms with van der Waals surface area (Å²) >= 11 is 0. The van der Waals surface area contributed by atoms with Crippen LogP contribution in [0.3, 0.4) is 0 Å². The number of rotatable bonds is 4. The number of carbonyl (C=O) groups is 3. The van der Waals surface area contributed by atoms with Crippen molar-refractivity contribution in [1.29, 1.82) is 0 Å². The van der Waals surface area contributed by atoms with Gasteiger partial charge in [-0.25, -0.2) is 4.90 Å². The summed E-state index contributed by atoms with van der Waals surface area (Å²) in [6.07, 6.45) is -4.61. The van der Waals surface area contributed by atoms with Gasteiger partial charge in [-0.15, -0.1) is 0 Å². The van der Waals surface area contributed by atoms with Crippen molar-refractivity contribution in [3.63, 3.8) is 0 Å². The predicted octanol–water partition coefficient (Wildman–Crippen LogP) is 3.36. The molecule has 9 heteroatoms. The molecule has 2 aromatic carbocycles. The Balaban J connectivity index is 1.43. The van der Waals surface area contributed by atoms with Crippen LogP contribution in [0.5, 0.6) is 0 Å². The van der Waals surface area contributed by atoms with Crippen LogP contribution in [0.15, 0.2) is 48.5 Å². The quantitative estimate of drug-likeness (QED) is 0.534. The van der Waals surface area contributed by atoms with E-state index in [4.69, 9.17) is 0 Å². The lowest BCUT2D eigenvalue weighted by molar-refractivity contribution is -0.137. The zero-order chi connectivity index (χ0) is 23.0. The van der Waals surface area contributed by atoms with Gasteiger partial charge in [0.2, 0.25) is 5.91 Å². The highest BCUT2D eigenvalue weighted by molar-refractivity contribution is 6.22. The van der Waals surface area contributed by atoms with Crippen molar-refractivity contribution >= 4 is 29.0 Å². The molecule has 0 spiro atoms. The van der Waals surface area contributed by atoms with Gasteiger partial charge in [0, 0.05) is 37.4 Å². The summed E-state index contributed by atoms with van der Waals surface area (Å²) in [6.45, 7) is 3.83. The highest BCUT2D eigenvalue weighted by atomic mass is 19.4. The molecule has 0 N–H and O–H groups in total. The number of hydrogen-bond donors (Lipinski definition) is 0. The van der Waals surface area contributed by atoms with Crippen LogP contribution in [0.2, 0.25) is 0 Å². The van der Waals surface area contributed by atoms with Crippen molar-refractivity contribution in [3.05, 3.63) is 59.7 Å². The standard InChI is InChI=1S/C23H22F3N3O3/c1-15(30)16-5-7-18(8-6-16)27-9-11-28(12-10-27)20-14-21(31)29(22(20)32)19-4-2-3-17(13-19)23(24,25)26/h2-8,13,20H,9-12,14H2,1H3. The number of ketones is 1. The van der Waals surface area contributed by atoms with Crippen LogP contribution in [0.25, 0.3) is 0 Å². The van der Waals surface area contributed by atoms with Crippen molar-refractivity contribution in [2.24, 2.45) is 0 Å². The van der Waals surface area contributed by atoms with E-state index < -0.39 is 29.6 Å². The Bertz CT molecular complexity index is 1040. The first kappa shape index (κ1) is 22.0. The molecule has 1 unspecified atom stereocenters. The number of halogens is 3. The number of amides is 2. The Morgan fingerprint density at radius 1 is 0.938 bits per heavy atom. The molecule has 2 aromatic rings. The topological polar surface area (TPSA) is 60.9 Å². The Kier molecular flexibility index (Phi) is 5.77. The first-order valence-electron chi connectivity index (χ1n) is 10.3. The van der Waals surface area contributed by atoms with Crippen molar-refractivity contribution in [3.8, 4) is 0 Å². The second-order valence-electron chi connectivity index (χ2n) is 7.96. The smallest absolute Gasteiger partial charge is 0.369 e. The molecule has 0 saturated carbocycles. The summed E-state index contributed by atoms with van der Waals surface area (Å²) in [4.78, 5) is 41.8. The van der Waals surface area contributed by atoms with E-state index in [1.807, 2.05) is 17.0 Å². The van der Waals surface area contributed by atoms with Crippen molar-refractivity contribution in [2.45, 2.75) is 25.6 Å². The SMILES string of the molecule is CC(=O)c1ccc(N2CCN(C3CC(=O)N(c4cccc(C(F)(F)F)c4)C3=O)CC2)cc1. The van der Waals surface area contributed by atoms with Crippen LogP contribution < -0.4 is 9.80 Å². The average molecular weight is 445 g/mol. The Hall–Kier alpha value is -3.20. The second kappa shape index (κ2) is 8.38. The van der Waals surface area contributed by atoms with Gasteiger partial charge in [-0.1, -0.05) is 6.07 Å². The maximum atomic E-state index is 13.0. The third kappa shape index (κ3) is 4.25. The number of alkyl halides is 3. The largest absolute Gasteiger partial charge is 0.416 e. The predicted molar refractivity (Wildman–Crippen MR) is 113 cm³/mol. The number of carbonyl (C=O) groups excluding carboxylic acids is 3. The number of nitrogens with zero attached hydrogens (tertiary/aromatic N) is 3. The van der Waals surface area contributed by atoms with Crippen LogP contribution in [0, 0.1) is 0 Å². The number of benzene rings is 2. The van der Waals surface area contributed by atoms with E-state index in [-0.39, 0.29) is 17.9 Å². The molecule has 0 radical (unpaired) electrons. The van der Waals surface area contributed by atoms with Crippen LogP contribution in [0.1, 0.15) is 29.3 Å². The van der Waals surface area contributed by atoms with Gasteiger partial charge in [-0.2, -0.15) is 13.2 Å². The molecule has 6 nitrogen and oxygen atoms in total. The molecule has 2 aliphatic rings. The Morgan fingerprint density at radius 3 is 2.19 bits per heavy atom. The molecule has 168 valence electrons. The fourth-order valence-corrected chi connectivity index (χ4v) is 4.19. The third-order valence-electron chi connectivity index (χ3n) is 5.95. The number of imide groups is 1. The number of anilines is 2. The van der Waals surface area contributed by atoms with Crippen molar-refractivity contribution < 1.29 is 27.6 Å². The van der Waals surface area contributed by atoms with Gasteiger partial charge < -0.3 is 4.90 Å². The molecule has 0 bridgehead atoms. The van der Waals surface area contributed by atoms with E-state index in [0.29, 0.717) is 31.7 Å². The second-order valence-corrected chi connectivity index (χ2v) is 7.96. The Morgan fingerprint density at radius 2 is 1.59 bits per heavy atom. The third-order valence-corrected chi connectivity index (χ3v) is 5.95. The molecule has 0 aromatic heterocycles. The zero-order valence-corrected chi connectivity index (χ0v) is 17.4. The van der Waals surface area contributed by atoms with Crippen LogP contribution in [0.4, 0.5) is 24.5 Å². The molecule has 2 amide bonds. The molecule has 2 fully saturated rings. The van der Waals surface area contributed by atoms with E-state index in [0.717, 1.165) is 22.7 Å². The fraction of sp³-hybridized carbons (Fsp3) is 0.348. The summed E-state index contributed by atoms with van der Waals surface area (Å²) in [5.41, 5.74) is 0.649. The summed E-state index contributed by atoms with van der Waals surface area (Å²) < 4.78 is 39.1. The lowest BCUT2D eigenvalue weighted by atomic mass is 10.1. The molecule has 2 saturated heterocycles. The van der Waals surface area contributed by atoms with Crippen LogP contribution >= 0.6 is 0 Å². The highest BCUT2D eigenvalue weighted by Crippen LogP contribution is 2.34. The van der Waals surface area contributed by atoms with Gasteiger partial charge >= 0.3 is 6.18 Å². The summed E-state index contributed by atoms with van der Waals surface area (Å²) in [5, 5.41) is 0. The van der Waals surface area contributed by atoms with Gasteiger partial charge in [0.05, 0.1) is 23.7 Å². The maximum Gasteiger partial charge on any atom is 0.416 e. The van der Waals surface area contributed by atoms with Crippen LogP contribution in [-0.2, 0) is 15.8 Å². The number of piperazine rings is 1. The Labute approximate surface area is 183 Å². The molecule has 32 heavy (non-hydrogen) atoms. The van der Waals surface area contributed by atoms with Crippen molar-refractivity contribution in [2.75, 3.05) is 36.0 Å². The van der Waals surface area contributed by atoms with Gasteiger partial charge in [0.25, 0.3) is 5.91 Å². The minimum Gasteiger partial charge on any atom is -0.369 e. The van der Waals surface area contributed by atoms with E-state index in [9.17, 15) is 27.6 Å². The lowest BCUT2D eigenvalue weighted by Crippen LogP contribution is -2.52. The van der Waals surface area contributed by atoms with Gasteiger partial charge in [0.1, 0.15) is 0 Å². The minimum atomic E-state index is -4.56. The van der Waals surface area contributed by atoms with Crippen molar-refractivity contribution in [1.82, 2.24) is 4.90 Å². The zero-order valence-electron chi connectivity index (χ0n) is 17.4. The lowest BCUT2D eigenvalue weighted by Gasteiger charge is -2.38. The van der Waals surface area contributed by atoms with Gasteiger partial charge in [-0.3, -0.25) is 19.3 Å². The van der Waals surface area contributed by atoms with Gasteiger partial charge in [0.15, 0.2) is 5.78 Å². The summed E-state index contributed by atoms with van der Waals surface area (Å²) in [6, 6.07) is 10.9. The minimum absolute atomic E-state index is 0.00360. The molecule has 1 atom stereocenters. The highest BCUT2D eigenvalue weighted by Gasteiger charge is 2.44. The fourth-order valence-electron chi connectivity index (χ4n) is 4.19. The average Bonchev–Trinajstić information content (AvgIpc) is 3.07. The molecule has 4 rings (SSSR count). The number of Topliss-reactive ketones (excluding diaryl/α,β-unsaturated/α-hetero) is 1. The van der Waals surface area contributed by atoms with E-state index in [1.54, 1.807) is 12.1 Å². The first-order chi connectivity index (χ1) is 15.1. The summed E-state index contributed by atoms with van der Waals surface area (Å²) in [5.74, 6) is -0.994. The molecule has 2 aliphatic heterocycles. The maximum absolute atomic E-state index is 13.0. The van der Waals surface area contributed by atoms with E-state index in [1.165, 1.54) is 19.1 Å². The molecular weight excluding hydrogens is 423 g/mol. The van der Waals surface area contributed by atoms with E-state index >= 15 is 0 Å². The molecule has 2 heterocycles. The molecule has 0 aliphatic carbocycles. The van der Waals surface area contributed by atoms with Crippen LogP contribution in [-0.4, -0.2) is 54.7 Å². The molecular formula is C23H22F3N3O3.